The quantitative estimate of drug-likeness (QED) is 0.848. The summed E-state index contributed by atoms with van der Waals surface area (Å²) in [6.45, 7) is 0. The minimum Gasteiger partial charge on any atom is -0.493 e. The number of aromatic nitrogens is 1. The lowest BCUT2D eigenvalue weighted by Crippen LogP contribution is -2.14. The Labute approximate surface area is 135 Å². The number of methoxy groups -OCH3 is 2. The van der Waals surface area contributed by atoms with E-state index in [9.17, 15) is 12.8 Å². The molecule has 0 saturated heterocycles. The lowest BCUT2D eigenvalue weighted by Gasteiger charge is -2.12. The summed E-state index contributed by atoms with van der Waals surface area (Å²) in [5.41, 5.74) is 0. The maximum atomic E-state index is 13.0. The van der Waals surface area contributed by atoms with E-state index in [1.54, 1.807) is 0 Å². The molecule has 9 heteroatoms. The number of rotatable bonds is 5. The number of nitrogens with zero attached hydrogens (tertiary/aromatic N) is 1. The van der Waals surface area contributed by atoms with Crippen molar-refractivity contribution < 1.29 is 22.3 Å². The maximum absolute atomic E-state index is 13.0. The second kappa shape index (κ2) is 6.49. The fourth-order valence-electron chi connectivity index (χ4n) is 1.66. The van der Waals surface area contributed by atoms with Gasteiger partial charge in [0.25, 0.3) is 10.0 Å². The Morgan fingerprint density at radius 2 is 1.86 bits per heavy atom. The Kier molecular flexibility index (Phi) is 4.87. The summed E-state index contributed by atoms with van der Waals surface area (Å²) in [5, 5.41) is 0. The molecule has 0 saturated carbocycles. The molecule has 1 aromatic carbocycles. The molecule has 0 aliphatic heterocycles. The first-order valence-electron chi connectivity index (χ1n) is 5.93. The van der Waals surface area contributed by atoms with E-state index in [1.807, 2.05) is 0 Å². The van der Waals surface area contributed by atoms with E-state index in [4.69, 9.17) is 9.47 Å². The smallest absolute Gasteiger partial charge is 0.263 e. The van der Waals surface area contributed by atoms with Gasteiger partial charge < -0.3 is 9.47 Å². The Morgan fingerprint density at radius 1 is 1.18 bits per heavy atom. The zero-order chi connectivity index (χ0) is 16.3. The van der Waals surface area contributed by atoms with Crippen molar-refractivity contribution in [2.24, 2.45) is 0 Å². The van der Waals surface area contributed by atoms with Crippen LogP contribution < -0.4 is 14.2 Å². The van der Waals surface area contributed by atoms with Crippen LogP contribution >= 0.6 is 15.9 Å². The zero-order valence-corrected chi connectivity index (χ0v) is 14.0. The van der Waals surface area contributed by atoms with E-state index in [0.29, 0.717) is 5.75 Å². The number of nitrogens with one attached hydrogen (secondary N) is 1. The standard InChI is InChI=1S/C13H12BrFN2O4S/c1-20-11-4-3-9(6-12(11)21-2)22(18,19)17-13-10(14)5-8(15)7-16-13/h3-7H,1-2H3,(H,16,17). The van der Waals surface area contributed by atoms with Gasteiger partial charge in [0.2, 0.25) is 0 Å². The van der Waals surface area contributed by atoms with Gasteiger partial charge in [-0.1, -0.05) is 0 Å². The Balaban J connectivity index is 2.38. The molecule has 0 unspecified atom stereocenters. The lowest BCUT2D eigenvalue weighted by molar-refractivity contribution is 0.354. The van der Waals surface area contributed by atoms with E-state index in [1.165, 1.54) is 32.4 Å². The molecule has 0 atom stereocenters. The highest BCUT2D eigenvalue weighted by Gasteiger charge is 2.19. The minimum absolute atomic E-state index is 0.0174. The molecule has 1 aromatic heterocycles. The molecule has 118 valence electrons. The third-order valence-electron chi connectivity index (χ3n) is 2.70. The number of hydrogen-bond acceptors (Lipinski definition) is 5. The first-order chi connectivity index (χ1) is 10.4. The molecule has 0 radical (unpaired) electrons. The molecular weight excluding hydrogens is 379 g/mol. The molecule has 1 heterocycles. The molecule has 6 nitrogen and oxygen atoms in total. The van der Waals surface area contributed by atoms with Gasteiger partial charge in [-0.25, -0.2) is 17.8 Å². The molecular formula is C13H12BrFN2O4S. The molecule has 1 N–H and O–H groups in total. The Morgan fingerprint density at radius 3 is 2.45 bits per heavy atom. The van der Waals surface area contributed by atoms with E-state index < -0.39 is 15.8 Å². The van der Waals surface area contributed by atoms with Gasteiger partial charge in [-0.3, -0.25) is 4.72 Å². The third kappa shape index (κ3) is 3.47. The van der Waals surface area contributed by atoms with Crippen LogP contribution in [0.2, 0.25) is 0 Å². The van der Waals surface area contributed by atoms with Crippen molar-refractivity contribution in [3.05, 3.63) is 40.8 Å². The summed E-state index contributed by atoms with van der Waals surface area (Å²) in [5.74, 6) is 0.0798. The van der Waals surface area contributed by atoms with Gasteiger partial charge in [-0.05, 0) is 34.1 Å². The summed E-state index contributed by atoms with van der Waals surface area (Å²) >= 11 is 3.05. The molecule has 0 aliphatic rings. The molecule has 0 aliphatic carbocycles. The van der Waals surface area contributed by atoms with Gasteiger partial charge in [0, 0.05) is 6.07 Å². The molecule has 0 bridgehead atoms. The van der Waals surface area contributed by atoms with Gasteiger partial charge in [0.05, 0.1) is 29.8 Å². The lowest BCUT2D eigenvalue weighted by atomic mass is 10.3. The van der Waals surface area contributed by atoms with E-state index >= 15 is 0 Å². The third-order valence-corrected chi connectivity index (χ3v) is 4.65. The number of anilines is 1. The van der Waals surface area contributed by atoms with Crippen molar-refractivity contribution in [2.45, 2.75) is 4.90 Å². The molecule has 0 fully saturated rings. The van der Waals surface area contributed by atoms with Crippen molar-refractivity contribution in [3.63, 3.8) is 0 Å². The number of pyridine rings is 1. The van der Waals surface area contributed by atoms with Crippen molar-refractivity contribution in [3.8, 4) is 11.5 Å². The zero-order valence-electron chi connectivity index (χ0n) is 11.6. The van der Waals surface area contributed by atoms with Crippen LogP contribution in [-0.2, 0) is 10.0 Å². The number of sulfonamides is 1. The van der Waals surface area contributed by atoms with Crippen molar-refractivity contribution >= 4 is 31.8 Å². The van der Waals surface area contributed by atoms with Gasteiger partial charge in [0.15, 0.2) is 17.3 Å². The SMILES string of the molecule is COc1ccc(S(=O)(=O)Nc2ncc(F)cc2Br)cc1OC. The summed E-state index contributed by atoms with van der Waals surface area (Å²) in [4.78, 5) is 3.66. The summed E-state index contributed by atoms with van der Waals surface area (Å²) in [6.07, 6.45) is 0.914. The largest absolute Gasteiger partial charge is 0.493 e. The van der Waals surface area contributed by atoms with Crippen LogP contribution in [0.1, 0.15) is 0 Å². The van der Waals surface area contributed by atoms with Crippen LogP contribution in [0.25, 0.3) is 0 Å². The van der Waals surface area contributed by atoms with Crippen molar-refractivity contribution in [1.29, 1.82) is 0 Å². The fourth-order valence-corrected chi connectivity index (χ4v) is 3.26. The van der Waals surface area contributed by atoms with Crippen LogP contribution in [0.5, 0.6) is 11.5 Å². The number of ether oxygens (including phenoxy) is 2. The normalized spacial score (nSPS) is 11.1. The summed E-state index contributed by atoms with van der Waals surface area (Å²) < 4.78 is 50.3. The van der Waals surface area contributed by atoms with E-state index in [-0.39, 0.29) is 20.9 Å². The van der Waals surface area contributed by atoms with Gasteiger partial charge >= 0.3 is 0 Å². The predicted octanol–water partition coefficient (Wildman–Crippen LogP) is 2.80. The highest BCUT2D eigenvalue weighted by molar-refractivity contribution is 9.10. The Hall–Kier alpha value is -1.87. The van der Waals surface area contributed by atoms with Crippen LogP contribution in [0.3, 0.4) is 0 Å². The first kappa shape index (κ1) is 16.5. The minimum atomic E-state index is -3.91. The van der Waals surface area contributed by atoms with Crippen LogP contribution in [-0.4, -0.2) is 27.6 Å². The average Bonchev–Trinajstić information content (AvgIpc) is 2.49. The monoisotopic (exact) mass is 390 g/mol. The van der Waals surface area contributed by atoms with Crippen molar-refractivity contribution in [1.82, 2.24) is 4.98 Å². The highest BCUT2D eigenvalue weighted by Crippen LogP contribution is 2.30. The fraction of sp³-hybridized carbons (Fsp3) is 0.154. The van der Waals surface area contributed by atoms with Gasteiger partial charge in [-0.2, -0.15) is 0 Å². The molecule has 0 amide bonds. The van der Waals surface area contributed by atoms with Crippen LogP contribution in [0.15, 0.2) is 39.8 Å². The van der Waals surface area contributed by atoms with Crippen LogP contribution in [0.4, 0.5) is 10.2 Å². The number of halogens is 2. The average molecular weight is 391 g/mol. The second-order valence-corrected chi connectivity index (χ2v) is 6.64. The maximum Gasteiger partial charge on any atom is 0.263 e. The summed E-state index contributed by atoms with van der Waals surface area (Å²) in [7, 11) is -1.06. The van der Waals surface area contributed by atoms with Gasteiger partial charge in [0.1, 0.15) is 5.82 Å². The highest BCUT2D eigenvalue weighted by atomic mass is 79.9. The van der Waals surface area contributed by atoms with Crippen molar-refractivity contribution in [2.75, 3.05) is 18.9 Å². The molecule has 0 spiro atoms. The molecule has 2 aromatic rings. The van der Waals surface area contributed by atoms with Gasteiger partial charge in [-0.15, -0.1) is 0 Å². The Bertz CT molecular complexity index is 799. The number of benzene rings is 1. The molecule has 22 heavy (non-hydrogen) atoms. The topological polar surface area (TPSA) is 77.5 Å². The van der Waals surface area contributed by atoms with Crippen LogP contribution in [0, 0.1) is 5.82 Å². The second-order valence-electron chi connectivity index (χ2n) is 4.11. The number of hydrogen-bond donors (Lipinski definition) is 1. The summed E-state index contributed by atoms with van der Waals surface area (Å²) in [6, 6.07) is 5.26. The van der Waals surface area contributed by atoms with E-state index in [0.717, 1.165) is 12.3 Å². The predicted molar refractivity (Wildman–Crippen MR) is 82.2 cm³/mol. The van der Waals surface area contributed by atoms with E-state index in [2.05, 4.69) is 25.6 Å². The molecule has 2 rings (SSSR count). The first-order valence-corrected chi connectivity index (χ1v) is 8.21.